The van der Waals surface area contributed by atoms with Crippen LogP contribution in [0.5, 0.6) is 5.75 Å². The Hall–Kier alpha value is -2.21. The number of sulfonamides is 1. The van der Waals surface area contributed by atoms with Gasteiger partial charge < -0.3 is 10.8 Å². The fraction of sp³-hybridized carbons (Fsp3) is 0.250. The number of aromatic hydroxyl groups is 1. The Morgan fingerprint density at radius 2 is 1.86 bits per heavy atom. The van der Waals surface area contributed by atoms with E-state index in [-0.39, 0.29) is 28.8 Å². The van der Waals surface area contributed by atoms with E-state index >= 15 is 0 Å². The standard InChI is InChI=1S/C16H19N2O3S/c1-12(2)11-18(15-5-3-4-6-16(15)19)22(20,21)14-9-7-13(17)8-10-14/h3-5,7-10,12,19H,11,17H2,1-2H3. The molecule has 0 aromatic heterocycles. The molecule has 0 aliphatic heterocycles. The van der Waals surface area contributed by atoms with Gasteiger partial charge in [-0.3, -0.25) is 4.31 Å². The molecule has 0 unspecified atom stereocenters. The van der Waals surface area contributed by atoms with Crippen molar-refractivity contribution in [1.82, 2.24) is 0 Å². The van der Waals surface area contributed by atoms with Crippen molar-refractivity contribution in [2.24, 2.45) is 5.92 Å². The van der Waals surface area contributed by atoms with Crippen LogP contribution in [0.3, 0.4) is 0 Å². The minimum atomic E-state index is -3.79. The van der Waals surface area contributed by atoms with Crippen LogP contribution in [0.4, 0.5) is 11.4 Å². The molecule has 2 aromatic rings. The molecule has 0 atom stereocenters. The Morgan fingerprint density at radius 3 is 2.41 bits per heavy atom. The first kappa shape index (κ1) is 16.2. The predicted octanol–water partition coefficient (Wildman–Crippen LogP) is 2.63. The first-order valence-corrected chi connectivity index (χ1v) is 8.34. The molecule has 117 valence electrons. The van der Waals surface area contributed by atoms with Crippen molar-refractivity contribution >= 4 is 21.4 Å². The van der Waals surface area contributed by atoms with E-state index in [2.05, 4.69) is 6.07 Å². The minimum Gasteiger partial charge on any atom is -0.505 e. The van der Waals surface area contributed by atoms with Gasteiger partial charge in [-0.25, -0.2) is 8.42 Å². The second-order valence-electron chi connectivity index (χ2n) is 5.40. The van der Waals surface area contributed by atoms with Crippen molar-refractivity contribution in [2.45, 2.75) is 18.7 Å². The van der Waals surface area contributed by atoms with Gasteiger partial charge in [0.1, 0.15) is 5.75 Å². The zero-order chi connectivity index (χ0) is 16.3. The van der Waals surface area contributed by atoms with E-state index in [0.717, 1.165) is 0 Å². The molecule has 6 heteroatoms. The Kier molecular flexibility index (Phi) is 4.61. The molecular formula is C16H19N2O3S. The number of nitrogens with two attached hydrogens (primary N) is 1. The van der Waals surface area contributed by atoms with Gasteiger partial charge in [-0.1, -0.05) is 26.0 Å². The molecule has 2 aromatic carbocycles. The molecule has 1 radical (unpaired) electrons. The van der Waals surface area contributed by atoms with Crippen LogP contribution in [0, 0.1) is 12.0 Å². The highest BCUT2D eigenvalue weighted by atomic mass is 32.2. The zero-order valence-electron chi connectivity index (χ0n) is 12.5. The normalized spacial score (nSPS) is 11.6. The number of para-hydroxylation sites is 1. The van der Waals surface area contributed by atoms with Crippen LogP contribution >= 0.6 is 0 Å². The molecule has 0 saturated carbocycles. The van der Waals surface area contributed by atoms with Gasteiger partial charge >= 0.3 is 0 Å². The van der Waals surface area contributed by atoms with Gasteiger partial charge in [-0.15, -0.1) is 0 Å². The average molecular weight is 319 g/mol. The lowest BCUT2D eigenvalue weighted by Gasteiger charge is -2.26. The summed E-state index contributed by atoms with van der Waals surface area (Å²) in [5, 5.41) is 9.97. The van der Waals surface area contributed by atoms with E-state index in [0.29, 0.717) is 5.69 Å². The summed E-state index contributed by atoms with van der Waals surface area (Å²) in [4.78, 5) is 0.130. The molecule has 0 aliphatic carbocycles. The van der Waals surface area contributed by atoms with E-state index in [1.807, 2.05) is 13.8 Å². The van der Waals surface area contributed by atoms with Gasteiger partial charge in [0, 0.05) is 18.3 Å². The summed E-state index contributed by atoms with van der Waals surface area (Å²) in [6.45, 7) is 4.07. The number of benzene rings is 2. The molecule has 2 rings (SSSR count). The minimum absolute atomic E-state index is 0.0863. The Morgan fingerprint density at radius 1 is 1.23 bits per heavy atom. The van der Waals surface area contributed by atoms with Crippen LogP contribution < -0.4 is 10.0 Å². The van der Waals surface area contributed by atoms with Gasteiger partial charge in [0.2, 0.25) is 0 Å². The van der Waals surface area contributed by atoms with Crippen LogP contribution in [-0.4, -0.2) is 20.1 Å². The second kappa shape index (κ2) is 6.27. The van der Waals surface area contributed by atoms with Gasteiger partial charge in [0.15, 0.2) is 0 Å². The lowest BCUT2D eigenvalue weighted by molar-refractivity contribution is 0.473. The van der Waals surface area contributed by atoms with Crippen molar-refractivity contribution in [3.8, 4) is 5.75 Å². The van der Waals surface area contributed by atoms with Crippen LogP contribution in [-0.2, 0) is 10.0 Å². The van der Waals surface area contributed by atoms with Gasteiger partial charge in [0.25, 0.3) is 10.0 Å². The summed E-state index contributed by atoms with van der Waals surface area (Å²) in [5.74, 6) is -0.106. The van der Waals surface area contributed by atoms with Crippen molar-refractivity contribution in [3.05, 3.63) is 48.5 Å². The van der Waals surface area contributed by atoms with Crippen LogP contribution in [0.15, 0.2) is 47.4 Å². The van der Waals surface area contributed by atoms with E-state index < -0.39 is 10.0 Å². The van der Waals surface area contributed by atoms with Gasteiger partial charge in [-0.2, -0.15) is 0 Å². The number of phenolic OH excluding ortho intramolecular Hbond substituents is 1. The lowest BCUT2D eigenvalue weighted by Crippen LogP contribution is -2.34. The lowest BCUT2D eigenvalue weighted by atomic mass is 10.2. The molecule has 5 nitrogen and oxygen atoms in total. The molecule has 3 N–H and O–H groups in total. The monoisotopic (exact) mass is 319 g/mol. The summed E-state index contributed by atoms with van der Waals surface area (Å²) in [7, 11) is -3.79. The molecular weight excluding hydrogens is 300 g/mol. The van der Waals surface area contributed by atoms with Crippen molar-refractivity contribution in [1.29, 1.82) is 0 Å². The summed E-state index contributed by atoms with van der Waals surface area (Å²) in [6.07, 6.45) is 0. The van der Waals surface area contributed by atoms with E-state index in [1.54, 1.807) is 12.1 Å². The Bertz CT molecular complexity index is 740. The van der Waals surface area contributed by atoms with Crippen molar-refractivity contribution in [2.75, 3.05) is 16.6 Å². The second-order valence-corrected chi connectivity index (χ2v) is 7.27. The summed E-state index contributed by atoms with van der Waals surface area (Å²) < 4.78 is 27.0. The predicted molar refractivity (Wildman–Crippen MR) is 87.2 cm³/mol. The Balaban J connectivity index is 2.53. The SMILES string of the molecule is CC(C)CN(c1ccc[c]c1O)S(=O)(=O)c1ccc(N)cc1. The number of rotatable bonds is 5. The molecule has 0 aliphatic rings. The van der Waals surface area contributed by atoms with E-state index in [4.69, 9.17) is 5.73 Å². The van der Waals surface area contributed by atoms with Crippen LogP contribution in [0.2, 0.25) is 0 Å². The van der Waals surface area contributed by atoms with Gasteiger partial charge in [0.05, 0.1) is 10.6 Å². The molecule has 0 bridgehead atoms. The number of nitrogen functional groups attached to an aromatic ring is 1. The van der Waals surface area contributed by atoms with Crippen LogP contribution in [0.1, 0.15) is 13.8 Å². The average Bonchev–Trinajstić information content (AvgIpc) is 2.46. The molecule has 0 fully saturated rings. The Labute approximate surface area is 131 Å². The number of nitrogens with zero attached hydrogens (tertiary/aromatic N) is 1. The van der Waals surface area contributed by atoms with Gasteiger partial charge in [-0.05, 0) is 36.2 Å². The third-order valence-corrected chi connectivity index (χ3v) is 4.87. The summed E-state index contributed by atoms with van der Waals surface area (Å²) >= 11 is 0. The molecule has 0 spiro atoms. The molecule has 0 amide bonds. The van der Waals surface area contributed by atoms with E-state index in [1.165, 1.54) is 34.6 Å². The third-order valence-electron chi connectivity index (χ3n) is 3.08. The zero-order valence-corrected chi connectivity index (χ0v) is 13.3. The smallest absolute Gasteiger partial charge is 0.264 e. The quantitative estimate of drug-likeness (QED) is 0.830. The summed E-state index contributed by atoms with van der Waals surface area (Å²) in [5.41, 5.74) is 6.32. The number of phenols is 1. The molecule has 22 heavy (non-hydrogen) atoms. The first-order valence-electron chi connectivity index (χ1n) is 6.90. The summed E-state index contributed by atoms with van der Waals surface area (Å²) in [6, 6.07) is 13.3. The van der Waals surface area contributed by atoms with Crippen LogP contribution in [0.25, 0.3) is 0 Å². The highest BCUT2D eigenvalue weighted by Gasteiger charge is 2.27. The first-order chi connectivity index (χ1) is 10.3. The number of anilines is 2. The maximum absolute atomic E-state index is 12.9. The maximum Gasteiger partial charge on any atom is 0.264 e. The number of hydrogen-bond acceptors (Lipinski definition) is 4. The van der Waals surface area contributed by atoms with E-state index in [9.17, 15) is 13.5 Å². The third kappa shape index (κ3) is 3.33. The topological polar surface area (TPSA) is 83.6 Å². The highest BCUT2D eigenvalue weighted by molar-refractivity contribution is 7.92. The molecule has 0 saturated heterocycles. The van der Waals surface area contributed by atoms with Crippen molar-refractivity contribution < 1.29 is 13.5 Å². The fourth-order valence-electron chi connectivity index (χ4n) is 2.05. The number of hydrogen-bond donors (Lipinski definition) is 2. The molecule has 0 heterocycles. The fourth-order valence-corrected chi connectivity index (χ4v) is 3.68. The largest absolute Gasteiger partial charge is 0.505 e. The highest BCUT2D eigenvalue weighted by Crippen LogP contribution is 2.31. The maximum atomic E-state index is 12.9. The van der Waals surface area contributed by atoms with Crippen molar-refractivity contribution in [3.63, 3.8) is 0 Å².